The van der Waals surface area contributed by atoms with Crippen LogP contribution in [0, 0.1) is 0 Å². The zero-order valence-electron chi connectivity index (χ0n) is 9.44. The Morgan fingerprint density at radius 2 is 1.94 bits per heavy atom. The van der Waals surface area contributed by atoms with Gasteiger partial charge in [-0.25, -0.2) is 0 Å². The van der Waals surface area contributed by atoms with Gasteiger partial charge in [0, 0.05) is 16.5 Å². The summed E-state index contributed by atoms with van der Waals surface area (Å²) in [6, 6.07) is 6.36. The molecular weight excluding hydrogens is 286 g/mol. The minimum absolute atomic E-state index is 0.0426. The van der Waals surface area contributed by atoms with E-state index in [1.165, 1.54) is 0 Å². The third-order valence-electron chi connectivity index (χ3n) is 2.47. The van der Waals surface area contributed by atoms with E-state index in [1.54, 1.807) is 31.3 Å². The van der Waals surface area contributed by atoms with Crippen molar-refractivity contribution in [2.24, 2.45) is 0 Å². The molecule has 0 bridgehead atoms. The number of carboxylic acid groups (broad SMARTS) is 1. The second-order valence-electron chi connectivity index (χ2n) is 3.65. The number of likely N-dealkylation sites (N-methyl/N-ethyl adjacent to an activating group) is 1. The molecular formula is C12H14BrNO3. The average molecular weight is 300 g/mol. The van der Waals surface area contributed by atoms with Gasteiger partial charge in [-0.1, -0.05) is 28.1 Å². The highest BCUT2D eigenvalue weighted by molar-refractivity contribution is 9.10. The van der Waals surface area contributed by atoms with Crippen LogP contribution >= 0.6 is 15.9 Å². The van der Waals surface area contributed by atoms with Crippen LogP contribution in [-0.2, 0) is 4.79 Å². The number of hydrogen-bond donors (Lipinski definition) is 2. The minimum atomic E-state index is -0.934. The molecule has 0 aliphatic carbocycles. The highest BCUT2D eigenvalue weighted by atomic mass is 79.9. The van der Waals surface area contributed by atoms with Crippen LogP contribution in [0.25, 0.3) is 0 Å². The van der Waals surface area contributed by atoms with E-state index in [2.05, 4.69) is 21.2 Å². The summed E-state index contributed by atoms with van der Waals surface area (Å²) in [5.74, 6) is -0.977. The highest BCUT2D eigenvalue weighted by Gasteiger charge is 2.16. The largest absolute Gasteiger partial charge is 0.480 e. The molecule has 0 aliphatic rings. The van der Waals surface area contributed by atoms with Gasteiger partial charge in [0.2, 0.25) is 0 Å². The number of carbonyl (C=O) groups is 2. The number of rotatable bonds is 6. The highest BCUT2D eigenvalue weighted by Crippen LogP contribution is 2.13. The topological polar surface area (TPSA) is 66.4 Å². The monoisotopic (exact) mass is 299 g/mol. The minimum Gasteiger partial charge on any atom is -0.480 e. The molecule has 0 aromatic heterocycles. The summed E-state index contributed by atoms with van der Waals surface area (Å²) in [6.45, 7) is 0. The molecule has 0 radical (unpaired) electrons. The Kier molecular flexibility index (Phi) is 5.31. The first-order chi connectivity index (χ1) is 8.04. The van der Waals surface area contributed by atoms with E-state index in [4.69, 9.17) is 5.11 Å². The Labute approximate surface area is 108 Å². The van der Waals surface area contributed by atoms with Crippen molar-refractivity contribution in [2.75, 3.05) is 7.05 Å². The van der Waals surface area contributed by atoms with Gasteiger partial charge in [-0.15, -0.1) is 0 Å². The normalized spacial score (nSPS) is 12.1. The lowest BCUT2D eigenvalue weighted by Gasteiger charge is -2.10. The second kappa shape index (κ2) is 6.51. The molecule has 0 saturated heterocycles. The quantitative estimate of drug-likeness (QED) is 0.789. The van der Waals surface area contributed by atoms with Crippen LogP contribution < -0.4 is 5.32 Å². The number of carboxylic acids is 1. The SMILES string of the molecule is CNC(CCC(=O)c1ccc(Br)cc1)C(=O)O. The Bertz CT molecular complexity index is 403. The summed E-state index contributed by atoms with van der Waals surface area (Å²) in [5.41, 5.74) is 0.605. The Hall–Kier alpha value is -1.20. The number of hydrogen-bond acceptors (Lipinski definition) is 3. The van der Waals surface area contributed by atoms with Gasteiger partial charge >= 0.3 is 5.97 Å². The summed E-state index contributed by atoms with van der Waals surface area (Å²) >= 11 is 3.29. The molecule has 1 aromatic rings. The van der Waals surface area contributed by atoms with E-state index in [-0.39, 0.29) is 12.2 Å². The van der Waals surface area contributed by atoms with Crippen molar-refractivity contribution in [3.63, 3.8) is 0 Å². The Morgan fingerprint density at radius 3 is 2.41 bits per heavy atom. The lowest BCUT2D eigenvalue weighted by atomic mass is 10.0. The smallest absolute Gasteiger partial charge is 0.320 e. The lowest BCUT2D eigenvalue weighted by Crippen LogP contribution is -2.34. The summed E-state index contributed by atoms with van der Waals surface area (Å²) in [7, 11) is 1.57. The first kappa shape index (κ1) is 13.9. The predicted molar refractivity (Wildman–Crippen MR) is 68.2 cm³/mol. The molecule has 0 aliphatic heterocycles. The molecule has 5 heteroatoms. The van der Waals surface area contributed by atoms with Gasteiger partial charge in [-0.05, 0) is 25.6 Å². The second-order valence-corrected chi connectivity index (χ2v) is 4.56. The van der Waals surface area contributed by atoms with Gasteiger partial charge in [0.25, 0.3) is 0 Å². The fourth-order valence-electron chi connectivity index (χ4n) is 1.45. The van der Waals surface area contributed by atoms with Crippen molar-refractivity contribution in [3.05, 3.63) is 34.3 Å². The molecule has 1 aromatic carbocycles. The fraction of sp³-hybridized carbons (Fsp3) is 0.333. The van der Waals surface area contributed by atoms with Gasteiger partial charge in [0.05, 0.1) is 0 Å². The summed E-state index contributed by atoms with van der Waals surface area (Å²) in [5, 5.41) is 11.5. The third-order valence-corrected chi connectivity index (χ3v) is 3.00. The number of carbonyl (C=O) groups excluding carboxylic acids is 1. The number of halogens is 1. The predicted octanol–water partition coefficient (Wildman–Crippen LogP) is 2.08. The van der Waals surface area contributed by atoms with Crippen molar-refractivity contribution in [1.29, 1.82) is 0 Å². The summed E-state index contributed by atoms with van der Waals surface area (Å²) in [4.78, 5) is 22.5. The molecule has 1 rings (SSSR count). The maximum atomic E-state index is 11.8. The molecule has 1 unspecified atom stereocenters. The third kappa shape index (κ3) is 4.28. The molecule has 0 saturated carbocycles. The van der Waals surface area contributed by atoms with E-state index in [9.17, 15) is 9.59 Å². The molecule has 0 spiro atoms. The Morgan fingerprint density at radius 1 is 1.35 bits per heavy atom. The first-order valence-electron chi connectivity index (χ1n) is 5.23. The van der Waals surface area contributed by atoms with E-state index < -0.39 is 12.0 Å². The van der Waals surface area contributed by atoms with Crippen LogP contribution in [0.2, 0.25) is 0 Å². The number of ketones is 1. The molecule has 0 fully saturated rings. The van der Waals surface area contributed by atoms with Crippen LogP contribution in [0.1, 0.15) is 23.2 Å². The summed E-state index contributed by atoms with van der Waals surface area (Å²) < 4.78 is 0.910. The standard InChI is InChI=1S/C12H14BrNO3/c1-14-10(12(16)17)6-7-11(15)8-2-4-9(13)5-3-8/h2-5,10,14H,6-7H2,1H3,(H,16,17). The van der Waals surface area contributed by atoms with Gasteiger partial charge in [0.1, 0.15) is 6.04 Å². The van der Waals surface area contributed by atoms with Crippen molar-refractivity contribution < 1.29 is 14.7 Å². The molecule has 17 heavy (non-hydrogen) atoms. The van der Waals surface area contributed by atoms with E-state index in [1.807, 2.05) is 0 Å². The Balaban J connectivity index is 2.55. The molecule has 2 N–H and O–H groups in total. The lowest BCUT2D eigenvalue weighted by molar-refractivity contribution is -0.139. The van der Waals surface area contributed by atoms with Crippen molar-refractivity contribution >= 4 is 27.7 Å². The van der Waals surface area contributed by atoms with E-state index in [0.717, 1.165) is 4.47 Å². The van der Waals surface area contributed by atoms with Crippen LogP contribution in [0.4, 0.5) is 0 Å². The number of nitrogens with one attached hydrogen (secondary N) is 1. The zero-order valence-corrected chi connectivity index (χ0v) is 11.0. The van der Waals surface area contributed by atoms with Gasteiger partial charge in [-0.3, -0.25) is 9.59 Å². The van der Waals surface area contributed by atoms with Crippen LogP contribution in [0.3, 0.4) is 0 Å². The van der Waals surface area contributed by atoms with E-state index in [0.29, 0.717) is 12.0 Å². The molecule has 4 nitrogen and oxygen atoms in total. The average Bonchev–Trinajstić information content (AvgIpc) is 2.30. The van der Waals surface area contributed by atoms with E-state index >= 15 is 0 Å². The van der Waals surface area contributed by atoms with Crippen molar-refractivity contribution in [2.45, 2.75) is 18.9 Å². The maximum absolute atomic E-state index is 11.8. The number of benzene rings is 1. The zero-order chi connectivity index (χ0) is 12.8. The molecule has 0 amide bonds. The molecule has 92 valence electrons. The maximum Gasteiger partial charge on any atom is 0.320 e. The number of aliphatic carboxylic acids is 1. The van der Waals surface area contributed by atoms with Crippen molar-refractivity contribution in [3.8, 4) is 0 Å². The van der Waals surface area contributed by atoms with Gasteiger partial charge < -0.3 is 10.4 Å². The van der Waals surface area contributed by atoms with Crippen LogP contribution in [-0.4, -0.2) is 29.9 Å². The fourth-order valence-corrected chi connectivity index (χ4v) is 1.71. The van der Waals surface area contributed by atoms with Gasteiger partial charge in [0.15, 0.2) is 5.78 Å². The molecule has 0 heterocycles. The van der Waals surface area contributed by atoms with Crippen LogP contribution in [0.5, 0.6) is 0 Å². The van der Waals surface area contributed by atoms with Crippen LogP contribution in [0.15, 0.2) is 28.7 Å². The van der Waals surface area contributed by atoms with Crippen molar-refractivity contribution in [1.82, 2.24) is 5.32 Å². The first-order valence-corrected chi connectivity index (χ1v) is 6.02. The molecule has 1 atom stereocenters. The number of Topliss-reactive ketones (excluding diaryl/α,β-unsaturated/α-hetero) is 1. The summed E-state index contributed by atoms with van der Waals surface area (Å²) in [6.07, 6.45) is 0.514. The van der Waals surface area contributed by atoms with Gasteiger partial charge in [-0.2, -0.15) is 0 Å².